The minimum absolute atomic E-state index is 0.124. The molecule has 0 saturated heterocycles. The number of halogens is 4. The minimum atomic E-state index is -4.89. The number of aliphatic hydroxyl groups excluding tert-OH is 1. The molecule has 1 aliphatic carbocycles. The second-order valence-electron chi connectivity index (χ2n) is 18.4. The third-order valence-electron chi connectivity index (χ3n) is 14.0. The smallest absolute Gasteiger partial charge is 0.457 e. The predicted molar refractivity (Wildman–Crippen MR) is 286 cm³/mol. The minimum Gasteiger partial charge on any atom is -0.457 e. The first-order valence-electron chi connectivity index (χ1n) is 24.2. The van der Waals surface area contributed by atoms with Crippen molar-refractivity contribution in [3.05, 3.63) is 91.0 Å². The quantitative estimate of drug-likeness (QED) is 0.0219. The maximum Gasteiger partial charge on any atom is 0.469 e. The highest BCUT2D eigenvalue weighted by atomic mass is 79.9. The zero-order chi connectivity index (χ0) is 54.1. The molecule has 2 atom stereocenters. The molecule has 7 N–H and O–H groups in total. The van der Waals surface area contributed by atoms with Crippen LogP contribution in [0.5, 0.6) is 46.0 Å². The molecule has 416 valence electrons. The van der Waals surface area contributed by atoms with Gasteiger partial charge in [-0.05, 0) is 75.6 Å². The maximum atomic E-state index is 12.1. The number of alkyl halides is 4. The van der Waals surface area contributed by atoms with Crippen LogP contribution < -0.4 is 37.9 Å². The highest BCUT2D eigenvalue weighted by Crippen LogP contribution is 2.59. The average Bonchev–Trinajstić information content (AvgIpc) is 3.34. The monoisotopic (exact) mass is 1380 g/mol. The molecule has 8 bridgehead atoms. The van der Waals surface area contributed by atoms with Gasteiger partial charge < -0.3 is 72.4 Å². The molecule has 0 radical (unpaired) electrons. The number of rotatable bonds is 22. The first-order chi connectivity index (χ1) is 36.4. The molecule has 0 saturated carbocycles. The van der Waals surface area contributed by atoms with Crippen LogP contribution >= 0.6 is 87.2 Å². The van der Waals surface area contributed by atoms with Gasteiger partial charge in [-0.15, -0.1) is 0 Å². The number of phosphoric ester groups is 3. The summed E-state index contributed by atoms with van der Waals surface area (Å²) in [5.74, 6) is 0.889. The Hall–Kier alpha value is -2.51. The number of benzene rings is 4. The summed E-state index contributed by atoms with van der Waals surface area (Å²) in [6, 6.07) is 8.03. The van der Waals surface area contributed by atoms with Crippen LogP contribution in [0, 0.1) is 0 Å². The van der Waals surface area contributed by atoms with Gasteiger partial charge >= 0.3 is 23.5 Å². The zero-order valence-corrected chi connectivity index (χ0v) is 49.5. The number of ether oxygens (including phenoxy) is 8. The van der Waals surface area contributed by atoms with Crippen LogP contribution in [0.2, 0.25) is 0 Å². The number of hydrogen-bond donors (Lipinski definition) is 7. The summed E-state index contributed by atoms with van der Waals surface area (Å²) in [6.45, 7) is -2.19. The fraction of sp³-hybridized carbons (Fsp3) is 0.500. The van der Waals surface area contributed by atoms with Crippen molar-refractivity contribution in [3.63, 3.8) is 0 Å². The van der Waals surface area contributed by atoms with E-state index in [-0.39, 0.29) is 113 Å². The van der Waals surface area contributed by atoms with Crippen molar-refractivity contribution in [2.45, 2.75) is 96.4 Å². The maximum absolute atomic E-state index is 12.1. The van der Waals surface area contributed by atoms with E-state index in [0.29, 0.717) is 114 Å². The molecule has 4 aliphatic heterocycles. The Morgan fingerprint density at radius 3 is 0.750 bits per heavy atom. The van der Waals surface area contributed by atoms with Gasteiger partial charge in [0.2, 0.25) is 27.2 Å². The number of hydrogen-bond acceptors (Lipinski definition) is 15. The van der Waals surface area contributed by atoms with Crippen LogP contribution in [-0.4, -0.2) is 88.1 Å². The molecule has 4 aromatic carbocycles. The largest absolute Gasteiger partial charge is 0.469 e. The molecule has 2 unspecified atom stereocenters. The van der Waals surface area contributed by atoms with Crippen molar-refractivity contribution in [1.29, 1.82) is 0 Å². The van der Waals surface area contributed by atoms with E-state index in [4.69, 9.17) is 51.5 Å². The lowest BCUT2D eigenvalue weighted by atomic mass is 9.74. The van der Waals surface area contributed by atoms with Crippen molar-refractivity contribution >= 4 is 87.2 Å². The van der Waals surface area contributed by atoms with E-state index >= 15 is 0 Å². The summed E-state index contributed by atoms with van der Waals surface area (Å²) < 4.78 is 105. The Labute approximate surface area is 470 Å². The van der Waals surface area contributed by atoms with Gasteiger partial charge in [-0.1, -0.05) is 63.7 Å². The molecule has 76 heavy (non-hydrogen) atoms. The Balaban J connectivity index is 1.44. The standard InChI is InChI=1S/C48H55Br4O21P3/c49-17-37-41-29-13-31-26(6-2-10-71-74(54,55)56)33-15-35-28(8-4-12-73-76(60,61)62)36-16-34-27(7-3-11-72-75(57,58)59)32-14-30(25(29)5-1-9-53)42(64-21-63-41)38(18-50)44(32)66-23-68-46(34)40(20-52)48(36)70-24-69-47(35)39(19-51)45(33)67-22-65-43(31)37/h13-16,25-28,53H,1-12,17-24H2,(H2,54,55,56)(H2,57,58,59)(H2,60,61,62). The van der Waals surface area contributed by atoms with Crippen LogP contribution in [0.1, 0.15) is 142 Å². The third-order valence-corrected chi connectivity index (χ3v) is 17.8. The van der Waals surface area contributed by atoms with Gasteiger partial charge in [-0.25, -0.2) is 13.7 Å². The topological polar surface area (TPSA) is 294 Å². The highest BCUT2D eigenvalue weighted by Gasteiger charge is 2.41. The van der Waals surface area contributed by atoms with Crippen LogP contribution in [0.25, 0.3) is 0 Å². The summed E-state index contributed by atoms with van der Waals surface area (Å²) >= 11 is 15.0. The molecule has 9 rings (SSSR count). The van der Waals surface area contributed by atoms with Crippen LogP contribution in [0.4, 0.5) is 0 Å². The molecule has 0 amide bonds. The highest BCUT2D eigenvalue weighted by molar-refractivity contribution is 9.09. The van der Waals surface area contributed by atoms with Gasteiger partial charge in [-0.2, -0.15) is 0 Å². The molecular weight excluding hydrogens is 1330 g/mol. The van der Waals surface area contributed by atoms with E-state index in [1.807, 2.05) is 24.3 Å². The Bertz CT molecular complexity index is 2790. The second-order valence-corrected chi connectivity index (χ2v) is 24.4. The van der Waals surface area contributed by atoms with Gasteiger partial charge in [0, 0.05) is 118 Å². The molecule has 4 aromatic rings. The van der Waals surface area contributed by atoms with E-state index in [0.717, 1.165) is 11.1 Å². The Morgan fingerprint density at radius 2 is 0.579 bits per heavy atom. The van der Waals surface area contributed by atoms with Crippen molar-refractivity contribution < 1.29 is 99.6 Å². The summed E-state index contributed by atoms with van der Waals surface area (Å²) in [4.78, 5) is 58.8. The zero-order valence-electron chi connectivity index (χ0n) is 40.5. The molecule has 21 nitrogen and oxygen atoms in total. The van der Waals surface area contributed by atoms with E-state index in [9.17, 15) is 48.2 Å². The number of phosphoric acid groups is 3. The van der Waals surface area contributed by atoms with E-state index in [1.165, 1.54) is 0 Å². The van der Waals surface area contributed by atoms with E-state index in [2.05, 4.69) is 63.7 Å². The molecule has 4 heterocycles. The Morgan fingerprint density at radius 1 is 0.382 bits per heavy atom. The van der Waals surface area contributed by atoms with Gasteiger partial charge in [0.05, 0.1) is 19.8 Å². The second kappa shape index (κ2) is 24.7. The first-order valence-corrected chi connectivity index (χ1v) is 33.2. The lowest BCUT2D eigenvalue weighted by Crippen LogP contribution is -2.25. The summed E-state index contributed by atoms with van der Waals surface area (Å²) in [7, 11) is -14.6. The number of aliphatic hydroxyl groups is 1. The summed E-state index contributed by atoms with van der Waals surface area (Å²) in [5, 5.41) is 11.4. The van der Waals surface area contributed by atoms with Crippen LogP contribution in [-0.2, 0) is 48.6 Å². The SMILES string of the molecule is O=P(O)(O)OCCCC1c2cc3c4c(CBr)c2OCOc2c1cc1c(c2CBr)OCOc2c(cc5c(c2CBr)OCOc2c(cc(c(c2CBr)OCO4)C3CCCO)C5CCCOP(=O)(O)O)C1CCCOP(=O)(O)O. The predicted octanol–water partition coefficient (Wildman–Crippen LogP) is 10.5. The van der Waals surface area contributed by atoms with E-state index in [1.54, 1.807) is 0 Å². The van der Waals surface area contributed by atoms with Gasteiger partial charge in [0.15, 0.2) is 0 Å². The van der Waals surface area contributed by atoms with Gasteiger partial charge in [-0.3, -0.25) is 13.6 Å². The van der Waals surface area contributed by atoms with Crippen LogP contribution in [0.15, 0.2) is 24.3 Å². The average molecular weight is 1380 g/mol. The molecule has 28 heteroatoms. The first kappa shape index (κ1) is 58.2. The van der Waals surface area contributed by atoms with E-state index < -0.39 is 47.1 Å². The van der Waals surface area contributed by atoms with Crippen molar-refractivity contribution in [2.24, 2.45) is 0 Å². The molecule has 0 fully saturated rings. The molecule has 0 aromatic heterocycles. The summed E-state index contributed by atoms with van der Waals surface area (Å²) in [5.41, 5.74) is 7.85. The van der Waals surface area contributed by atoms with Crippen molar-refractivity contribution in [2.75, 3.05) is 53.6 Å². The van der Waals surface area contributed by atoms with Gasteiger partial charge in [0.1, 0.15) is 46.0 Å². The van der Waals surface area contributed by atoms with Crippen molar-refractivity contribution in [1.82, 2.24) is 0 Å². The lowest BCUT2D eigenvalue weighted by Gasteiger charge is -2.37. The summed E-state index contributed by atoms with van der Waals surface area (Å²) in [6.07, 6.45) is 1.84. The lowest BCUT2D eigenvalue weighted by molar-refractivity contribution is 0.0949. The molecule has 5 aliphatic rings. The third kappa shape index (κ3) is 12.4. The fourth-order valence-electron chi connectivity index (χ4n) is 11.1. The van der Waals surface area contributed by atoms with Crippen LogP contribution in [0.3, 0.4) is 0 Å². The van der Waals surface area contributed by atoms with Gasteiger partial charge in [0.25, 0.3) is 0 Å². The normalized spacial score (nSPS) is 19.2. The molecule has 0 spiro atoms. The fourth-order valence-corrected chi connectivity index (χ4v) is 14.3. The Kier molecular flexibility index (Phi) is 18.9. The molecular formula is C48H55Br4O21P3. The van der Waals surface area contributed by atoms with Crippen molar-refractivity contribution in [3.8, 4) is 46.0 Å².